The summed E-state index contributed by atoms with van der Waals surface area (Å²) in [6.45, 7) is 8.95. The molecule has 0 spiro atoms. The molecule has 23 heavy (non-hydrogen) atoms. The molecule has 0 amide bonds. The topological polar surface area (TPSA) is 36.9 Å². The lowest BCUT2D eigenvalue weighted by Crippen LogP contribution is -2.35. The third kappa shape index (κ3) is 6.77. The second kappa shape index (κ2) is 12.3. The third-order valence-electron chi connectivity index (χ3n) is 4.27. The fourth-order valence-corrected chi connectivity index (χ4v) is 10.5. The molecule has 0 aliphatic heterocycles. The Morgan fingerprint density at radius 2 is 1.00 bits per heavy atom. The predicted molar refractivity (Wildman–Crippen MR) is 103 cm³/mol. The molecular weight excluding hydrogens is 340 g/mol. The van der Waals surface area contributed by atoms with E-state index in [0.29, 0.717) is 0 Å². The van der Waals surface area contributed by atoms with Crippen molar-refractivity contribution in [3.8, 4) is 0 Å². The molecule has 0 heterocycles. The summed E-state index contributed by atoms with van der Waals surface area (Å²) >= 11 is 0. The maximum atomic E-state index is 5.58. The first-order valence-electron chi connectivity index (χ1n) is 8.35. The highest BCUT2D eigenvalue weighted by Gasteiger charge is 2.30. The van der Waals surface area contributed by atoms with Crippen LogP contribution >= 0.6 is 0 Å². The van der Waals surface area contributed by atoms with Gasteiger partial charge in [-0.15, -0.1) is 0 Å². The molecule has 0 atom stereocenters. The SMILES string of the molecule is CCC(=C[Si](C=C(CC)[Si](OC)OC)(CC)CC)[Si](OC)OC. The summed E-state index contributed by atoms with van der Waals surface area (Å²) in [5.41, 5.74) is 5.02. The Bertz CT molecular complexity index is 342. The normalized spacial score (nSPS) is 14.2. The Balaban J connectivity index is 5.88. The quantitative estimate of drug-likeness (QED) is 0.486. The zero-order chi connectivity index (χ0) is 17.9. The summed E-state index contributed by atoms with van der Waals surface area (Å²) in [4.78, 5) is 0. The molecule has 0 saturated heterocycles. The summed E-state index contributed by atoms with van der Waals surface area (Å²) in [7, 11) is 2.62. The van der Waals surface area contributed by atoms with Crippen molar-refractivity contribution in [3.05, 3.63) is 21.8 Å². The monoisotopic (exact) mass is 374 g/mol. The van der Waals surface area contributed by atoms with Crippen LogP contribution in [0.15, 0.2) is 21.8 Å². The van der Waals surface area contributed by atoms with Crippen molar-refractivity contribution in [1.82, 2.24) is 0 Å². The van der Waals surface area contributed by atoms with Crippen LogP contribution in [0.1, 0.15) is 40.5 Å². The molecule has 2 radical (unpaired) electrons. The van der Waals surface area contributed by atoms with Crippen LogP contribution in [-0.4, -0.2) is 55.1 Å². The number of hydrogen-bond donors (Lipinski definition) is 0. The summed E-state index contributed by atoms with van der Waals surface area (Å²) < 4.78 is 22.3. The zero-order valence-electron chi connectivity index (χ0n) is 16.1. The van der Waals surface area contributed by atoms with Crippen molar-refractivity contribution in [2.24, 2.45) is 0 Å². The Morgan fingerprint density at radius 3 is 1.17 bits per heavy atom. The van der Waals surface area contributed by atoms with Crippen LogP contribution in [0.4, 0.5) is 0 Å². The van der Waals surface area contributed by atoms with Gasteiger partial charge in [0.1, 0.15) is 8.07 Å². The molecule has 7 heteroatoms. The van der Waals surface area contributed by atoms with Gasteiger partial charge in [-0.2, -0.15) is 0 Å². The minimum absolute atomic E-state index is 0.979. The van der Waals surface area contributed by atoms with Crippen molar-refractivity contribution >= 4 is 26.6 Å². The minimum Gasteiger partial charge on any atom is -0.393 e. The fourth-order valence-electron chi connectivity index (χ4n) is 2.70. The molecule has 0 aliphatic carbocycles. The molecule has 4 nitrogen and oxygen atoms in total. The van der Waals surface area contributed by atoms with E-state index in [9.17, 15) is 0 Å². The molecule has 0 rings (SSSR count). The molecule has 0 N–H and O–H groups in total. The zero-order valence-corrected chi connectivity index (χ0v) is 19.1. The van der Waals surface area contributed by atoms with Gasteiger partial charge in [0.15, 0.2) is 0 Å². The van der Waals surface area contributed by atoms with Gasteiger partial charge in [-0.1, -0.05) is 51.2 Å². The summed E-state index contributed by atoms with van der Waals surface area (Å²) in [6, 6.07) is 2.34. The van der Waals surface area contributed by atoms with Crippen LogP contribution in [-0.2, 0) is 17.7 Å². The molecule has 0 aromatic heterocycles. The van der Waals surface area contributed by atoms with Crippen LogP contribution in [0.2, 0.25) is 12.1 Å². The molecule has 0 fully saturated rings. The van der Waals surface area contributed by atoms with Crippen LogP contribution in [0.25, 0.3) is 0 Å². The molecule has 0 bridgehead atoms. The van der Waals surface area contributed by atoms with Crippen molar-refractivity contribution in [3.63, 3.8) is 0 Å². The fraction of sp³-hybridized carbons (Fsp3) is 0.750. The van der Waals surface area contributed by atoms with Gasteiger partial charge in [-0.25, -0.2) is 0 Å². The van der Waals surface area contributed by atoms with Gasteiger partial charge in [0.25, 0.3) is 0 Å². The maximum Gasteiger partial charge on any atom is 0.417 e. The average molecular weight is 375 g/mol. The van der Waals surface area contributed by atoms with Crippen LogP contribution in [0.5, 0.6) is 0 Å². The second-order valence-corrected chi connectivity index (χ2v) is 13.9. The van der Waals surface area contributed by atoms with Gasteiger partial charge in [0.05, 0.1) is 0 Å². The average Bonchev–Trinajstić information content (AvgIpc) is 2.60. The van der Waals surface area contributed by atoms with Crippen LogP contribution < -0.4 is 0 Å². The van der Waals surface area contributed by atoms with E-state index in [-0.39, 0.29) is 0 Å². The summed E-state index contributed by atoms with van der Waals surface area (Å²) in [5, 5.41) is 2.68. The molecule has 134 valence electrons. The van der Waals surface area contributed by atoms with E-state index in [0.717, 1.165) is 12.8 Å². The minimum atomic E-state index is -1.70. The van der Waals surface area contributed by atoms with E-state index in [2.05, 4.69) is 39.1 Å². The van der Waals surface area contributed by atoms with Crippen LogP contribution in [0.3, 0.4) is 0 Å². The first-order valence-corrected chi connectivity index (χ1v) is 13.5. The molecule has 0 aromatic carbocycles. The summed E-state index contributed by atoms with van der Waals surface area (Å²) in [5.74, 6) is 0. The first kappa shape index (κ1) is 23.0. The Morgan fingerprint density at radius 1 is 0.696 bits per heavy atom. The highest BCUT2D eigenvalue weighted by Crippen LogP contribution is 2.26. The van der Waals surface area contributed by atoms with Crippen molar-refractivity contribution in [1.29, 1.82) is 0 Å². The lowest BCUT2D eigenvalue weighted by molar-refractivity contribution is 0.286. The summed E-state index contributed by atoms with van der Waals surface area (Å²) in [6.07, 6.45) is 1.96. The molecule has 0 saturated carbocycles. The van der Waals surface area contributed by atoms with E-state index in [1.165, 1.54) is 22.5 Å². The van der Waals surface area contributed by atoms with Gasteiger partial charge in [0.2, 0.25) is 0 Å². The van der Waals surface area contributed by atoms with E-state index < -0.39 is 26.6 Å². The van der Waals surface area contributed by atoms with Gasteiger partial charge in [-0.05, 0) is 23.2 Å². The lowest BCUT2D eigenvalue weighted by Gasteiger charge is -2.27. The first-order chi connectivity index (χ1) is 11.0. The van der Waals surface area contributed by atoms with Gasteiger partial charge in [-0.3, -0.25) is 0 Å². The standard InChI is InChI=1S/C16H34O4Si3/c1-9-15(21(17-5)18-6)13-23(11-3,12-4)14-16(10-2)22(19-7)20-8/h13-14H,9-12H2,1-8H3. The van der Waals surface area contributed by atoms with Crippen molar-refractivity contribution in [2.45, 2.75) is 52.6 Å². The van der Waals surface area contributed by atoms with E-state index in [4.69, 9.17) is 17.7 Å². The molecular formula is C16H34O4Si3. The van der Waals surface area contributed by atoms with E-state index in [1.807, 2.05) is 0 Å². The number of rotatable bonds is 12. The predicted octanol–water partition coefficient (Wildman–Crippen LogP) is 3.87. The third-order valence-corrected chi connectivity index (χ3v) is 12.9. The maximum absolute atomic E-state index is 5.58. The van der Waals surface area contributed by atoms with Gasteiger partial charge >= 0.3 is 18.6 Å². The Hall–Kier alpha value is -0.0294. The van der Waals surface area contributed by atoms with Crippen LogP contribution in [0, 0.1) is 0 Å². The lowest BCUT2D eigenvalue weighted by atomic mass is 10.5. The van der Waals surface area contributed by atoms with Crippen molar-refractivity contribution < 1.29 is 17.7 Å². The molecule has 0 unspecified atom stereocenters. The van der Waals surface area contributed by atoms with Gasteiger partial charge in [0, 0.05) is 28.4 Å². The smallest absolute Gasteiger partial charge is 0.393 e. The second-order valence-electron chi connectivity index (χ2n) is 5.38. The number of allylic oxidation sites excluding steroid dienone is 2. The van der Waals surface area contributed by atoms with Crippen molar-refractivity contribution in [2.75, 3.05) is 28.4 Å². The van der Waals surface area contributed by atoms with Gasteiger partial charge < -0.3 is 17.7 Å². The Kier molecular flexibility index (Phi) is 12.3. The highest BCUT2D eigenvalue weighted by atomic mass is 28.3. The largest absolute Gasteiger partial charge is 0.417 e. The molecule has 0 aromatic rings. The van der Waals surface area contributed by atoms with E-state index >= 15 is 0 Å². The Labute approximate surface area is 147 Å². The number of hydrogen-bond acceptors (Lipinski definition) is 4. The molecule has 0 aliphatic rings. The highest BCUT2D eigenvalue weighted by molar-refractivity contribution is 6.90. The van der Waals surface area contributed by atoms with E-state index in [1.54, 1.807) is 28.4 Å².